The number of nitrogens with one attached hydrogen (secondary N) is 2. The molecule has 3 unspecified atom stereocenters. The van der Waals surface area contributed by atoms with Crippen molar-refractivity contribution in [3.05, 3.63) is 59.5 Å². The summed E-state index contributed by atoms with van der Waals surface area (Å²) in [5.74, 6) is 1.32. The van der Waals surface area contributed by atoms with E-state index in [9.17, 15) is 9.65 Å². The molecule has 2 fully saturated rings. The zero-order valence-electron chi connectivity index (χ0n) is 14.5. The fourth-order valence-electron chi connectivity index (χ4n) is 4.23. The third kappa shape index (κ3) is 3.28. The molecule has 6 heteroatoms. The van der Waals surface area contributed by atoms with Crippen molar-refractivity contribution in [2.45, 2.75) is 24.8 Å². The summed E-state index contributed by atoms with van der Waals surface area (Å²) in [4.78, 5) is 6.68. The maximum Gasteiger partial charge on any atom is 0.146 e. The number of piperidine rings is 1. The predicted molar refractivity (Wildman–Crippen MR) is 98.0 cm³/mol. The Morgan fingerprint density at radius 2 is 2.08 bits per heavy atom. The highest BCUT2D eigenvalue weighted by Crippen LogP contribution is 2.33. The van der Waals surface area contributed by atoms with E-state index in [1.54, 1.807) is 12.3 Å². The number of aromatic nitrogens is 1. The van der Waals surface area contributed by atoms with Crippen LogP contribution in [-0.2, 0) is 0 Å². The zero-order chi connectivity index (χ0) is 17.9. The van der Waals surface area contributed by atoms with Crippen molar-refractivity contribution in [2.24, 2.45) is 5.92 Å². The van der Waals surface area contributed by atoms with Gasteiger partial charge in [0.05, 0.1) is 5.56 Å². The summed E-state index contributed by atoms with van der Waals surface area (Å²) >= 11 is 0. The van der Waals surface area contributed by atoms with Crippen molar-refractivity contribution in [1.82, 2.24) is 15.8 Å². The molecule has 4 rings (SSSR count). The van der Waals surface area contributed by atoms with Crippen LogP contribution in [0, 0.1) is 23.1 Å². The van der Waals surface area contributed by atoms with E-state index in [1.807, 2.05) is 18.2 Å². The Kier molecular flexibility index (Phi) is 4.83. The number of benzene rings is 1. The van der Waals surface area contributed by atoms with Gasteiger partial charge < -0.3 is 4.90 Å². The molecule has 2 aliphatic rings. The van der Waals surface area contributed by atoms with Crippen LogP contribution in [0.2, 0.25) is 0 Å². The highest BCUT2D eigenvalue weighted by atomic mass is 19.1. The molecule has 0 saturated carbocycles. The van der Waals surface area contributed by atoms with Crippen LogP contribution in [-0.4, -0.2) is 30.7 Å². The minimum Gasteiger partial charge on any atom is -0.355 e. The molecule has 1 aromatic heterocycles. The van der Waals surface area contributed by atoms with Crippen LogP contribution in [0.1, 0.15) is 29.9 Å². The van der Waals surface area contributed by atoms with Gasteiger partial charge in [-0.2, -0.15) is 5.26 Å². The molecule has 0 aliphatic carbocycles. The average molecular weight is 351 g/mol. The van der Waals surface area contributed by atoms with Crippen LogP contribution >= 0.6 is 0 Å². The normalized spacial score (nSPS) is 25.8. The summed E-state index contributed by atoms with van der Waals surface area (Å²) in [5, 5.41) is 9.37. The summed E-state index contributed by atoms with van der Waals surface area (Å²) in [6, 6.07) is 13.0. The second kappa shape index (κ2) is 7.40. The zero-order valence-corrected chi connectivity index (χ0v) is 14.5. The van der Waals surface area contributed by atoms with Gasteiger partial charge in [-0.25, -0.2) is 9.37 Å². The number of hydrazine groups is 1. The number of rotatable bonds is 3. The van der Waals surface area contributed by atoms with Gasteiger partial charge in [0.1, 0.15) is 17.7 Å². The Morgan fingerprint density at radius 3 is 2.88 bits per heavy atom. The Labute approximate surface area is 152 Å². The Hall–Kier alpha value is -2.49. The highest BCUT2D eigenvalue weighted by molar-refractivity contribution is 5.53. The quantitative estimate of drug-likeness (QED) is 0.890. The predicted octanol–water partition coefficient (Wildman–Crippen LogP) is 2.57. The molecular weight excluding hydrogens is 329 g/mol. The van der Waals surface area contributed by atoms with Gasteiger partial charge in [0.15, 0.2) is 0 Å². The first-order chi connectivity index (χ1) is 12.8. The van der Waals surface area contributed by atoms with Crippen molar-refractivity contribution in [3.63, 3.8) is 0 Å². The Morgan fingerprint density at radius 1 is 1.23 bits per heavy atom. The minimum atomic E-state index is -0.202. The second-order valence-corrected chi connectivity index (χ2v) is 7.04. The molecule has 2 aliphatic heterocycles. The van der Waals surface area contributed by atoms with E-state index in [2.05, 4.69) is 26.8 Å². The first-order valence-corrected chi connectivity index (χ1v) is 9.10. The van der Waals surface area contributed by atoms with E-state index >= 15 is 0 Å². The molecular formula is C20H22FN5. The van der Waals surface area contributed by atoms with Crippen molar-refractivity contribution in [1.29, 1.82) is 5.26 Å². The summed E-state index contributed by atoms with van der Waals surface area (Å²) < 4.78 is 13.3. The third-order valence-electron chi connectivity index (χ3n) is 5.49. The molecule has 2 N–H and O–H groups in total. The molecule has 2 aromatic rings. The highest BCUT2D eigenvalue weighted by Gasteiger charge is 2.37. The number of hydrogen-bond donors (Lipinski definition) is 2. The number of halogens is 1. The van der Waals surface area contributed by atoms with Gasteiger partial charge in [0, 0.05) is 37.8 Å². The van der Waals surface area contributed by atoms with E-state index in [0.717, 1.165) is 43.9 Å². The van der Waals surface area contributed by atoms with E-state index in [0.29, 0.717) is 17.4 Å². The molecule has 3 heterocycles. The molecule has 3 atom stereocenters. The van der Waals surface area contributed by atoms with E-state index in [1.165, 1.54) is 12.1 Å². The Bertz CT molecular complexity index is 801. The summed E-state index contributed by atoms with van der Waals surface area (Å²) in [6.45, 7) is 2.62. The molecule has 0 amide bonds. The monoisotopic (exact) mass is 351 g/mol. The van der Waals surface area contributed by atoms with Crippen LogP contribution in [0.4, 0.5) is 10.2 Å². The summed E-state index contributed by atoms with van der Waals surface area (Å²) in [6.07, 6.45) is 3.94. The maximum atomic E-state index is 13.3. The molecule has 0 spiro atoms. The third-order valence-corrected chi connectivity index (χ3v) is 5.49. The van der Waals surface area contributed by atoms with Crippen LogP contribution in [0.15, 0.2) is 42.6 Å². The molecule has 1 aromatic carbocycles. The second-order valence-electron chi connectivity index (χ2n) is 7.04. The van der Waals surface area contributed by atoms with Gasteiger partial charge in [-0.1, -0.05) is 12.1 Å². The minimum absolute atomic E-state index is 0.202. The molecule has 0 radical (unpaired) electrons. The van der Waals surface area contributed by atoms with Crippen molar-refractivity contribution < 1.29 is 4.39 Å². The van der Waals surface area contributed by atoms with E-state index < -0.39 is 0 Å². The van der Waals surface area contributed by atoms with Crippen LogP contribution in [0.25, 0.3) is 0 Å². The molecule has 26 heavy (non-hydrogen) atoms. The number of pyridine rings is 1. The number of nitrogens with zero attached hydrogens (tertiary/aromatic N) is 3. The summed E-state index contributed by atoms with van der Waals surface area (Å²) in [7, 11) is 0. The fourth-order valence-corrected chi connectivity index (χ4v) is 4.23. The molecule has 5 nitrogen and oxygen atoms in total. The first-order valence-electron chi connectivity index (χ1n) is 9.10. The lowest BCUT2D eigenvalue weighted by Gasteiger charge is -2.38. The van der Waals surface area contributed by atoms with Crippen molar-refractivity contribution in [2.75, 3.05) is 24.5 Å². The summed E-state index contributed by atoms with van der Waals surface area (Å²) in [5.41, 5.74) is 8.49. The molecule has 2 saturated heterocycles. The van der Waals surface area contributed by atoms with Crippen LogP contribution < -0.4 is 15.8 Å². The van der Waals surface area contributed by atoms with Gasteiger partial charge in [-0.3, -0.25) is 10.9 Å². The lowest BCUT2D eigenvalue weighted by molar-refractivity contribution is 0.304. The van der Waals surface area contributed by atoms with Crippen molar-refractivity contribution >= 4 is 5.82 Å². The fraction of sp³-hybridized carbons (Fsp3) is 0.400. The van der Waals surface area contributed by atoms with E-state index in [-0.39, 0.29) is 11.9 Å². The van der Waals surface area contributed by atoms with Crippen LogP contribution in [0.5, 0.6) is 0 Å². The average Bonchev–Trinajstić information content (AvgIpc) is 3.18. The van der Waals surface area contributed by atoms with Gasteiger partial charge in [0.2, 0.25) is 0 Å². The lowest BCUT2D eigenvalue weighted by Crippen LogP contribution is -2.47. The van der Waals surface area contributed by atoms with Crippen molar-refractivity contribution in [3.8, 4) is 6.07 Å². The van der Waals surface area contributed by atoms with Gasteiger partial charge >= 0.3 is 0 Å². The maximum absolute atomic E-state index is 13.3. The SMILES string of the molecule is N#Cc1cccnc1N1CCCC(C2NNCC2c2ccc(F)cc2)C1. The number of hydrogen-bond acceptors (Lipinski definition) is 5. The van der Waals surface area contributed by atoms with Gasteiger partial charge in [-0.05, 0) is 48.6 Å². The van der Waals surface area contributed by atoms with E-state index in [4.69, 9.17) is 0 Å². The lowest BCUT2D eigenvalue weighted by atomic mass is 9.81. The largest absolute Gasteiger partial charge is 0.355 e. The number of nitriles is 1. The van der Waals surface area contributed by atoms with Gasteiger partial charge in [-0.15, -0.1) is 0 Å². The van der Waals surface area contributed by atoms with Crippen LogP contribution in [0.3, 0.4) is 0 Å². The Balaban J connectivity index is 1.54. The topological polar surface area (TPSA) is 64.0 Å². The standard InChI is InChI=1S/C20H22FN5/c21-17-7-5-14(6-8-17)18-12-24-25-19(18)16-4-2-10-26(13-16)20-15(11-22)3-1-9-23-20/h1,3,5-9,16,18-19,24-25H,2,4,10,12-13H2. The van der Waals surface area contributed by atoms with Gasteiger partial charge in [0.25, 0.3) is 0 Å². The smallest absolute Gasteiger partial charge is 0.146 e. The molecule has 134 valence electrons. The molecule has 0 bridgehead atoms. The first kappa shape index (κ1) is 17.0. The number of anilines is 1.